The number of thiazole rings is 1. The van der Waals surface area contributed by atoms with Gasteiger partial charge in [-0.05, 0) is 29.7 Å². The van der Waals surface area contributed by atoms with Gasteiger partial charge in [-0.2, -0.15) is 0 Å². The zero-order chi connectivity index (χ0) is 21.1. The number of carbonyl (C=O) groups is 1. The van der Waals surface area contributed by atoms with E-state index in [1.165, 1.54) is 11.3 Å². The number of carboxylic acids is 1. The molecule has 0 atom stereocenters. The van der Waals surface area contributed by atoms with Gasteiger partial charge in [0, 0.05) is 21.5 Å². The Morgan fingerprint density at radius 2 is 1.87 bits per heavy atom. The molecule has 7 heteroatoms. The van der Waals surface area contributed by atoms with Crippen LogP contribution in [0, 0.1) is 0 Å². The van der Waals surface area contributed by atoms with E-state index in [0.717, 1.165) is 16.5 Å². The Kier molecular flexibility index (Phi) is 5.54. The first kappa shape index (κ1) is 19.7. The molecule has 0 amide bonds. The summed E-state index contributed by atoms with van der Waals surface area (Å²) in [6, 6.07) is 19.4. The summed E-state index contributed by atoms with van der Waals surface area (Å²) in [5.41, 5.74) is 2.17. The summed E-state index contributed by atoms with van der Waals surface area (Å²) in [4.78, 5) is 16.8. The van der Waals surface area contributed by atoms with E-state index in [4.69, 9.17) is 14.5 Å². The number of nitrogens with one attached hydrogen (secondary N) is 1. The Balaban J connectivity index is 1.80. The highest BCUT2D eigenvalue weighted by Crippen LogP contribution is 2.40. The van der Waals surface area contributed by atoms with Crippen molar-refractivity contribution in [1.82, 2.24) is 4.98 Å². The molecule has 4 rings (SSSR count). The number of rotatable bonds is 7. The van der Waals surface area contributed by atoms with Crippen LogP contribution in [0.15, 0.2) is 60.7 Å². The lowest BCUT2D eigenvalue weighted by atomic mass is 10.1. The topological polar surface area (TPSA) is 80.7 Å². The van der Waals surface area contributed by atoms with Gasteiger partial charge >= 0.3 is 5.97 Å². The molecule has 0 spiro atoms. The van der Waals surface area contributed by atoms with E-state index in [-0.39, 0.29) is 6.42 Å². The molecule has 0 unspecified atom stereocenters. The number of ether oxygens (including phenoxy) is 2. The minimum atomic E-state index is -0.918. The van der Waals surface area contributed by atoms with E-state index >= 15 is 0 Å². The van der Waals surface area contributed by atoms with Crippen LogP contribution in [-0.4, -0.2) is 30.3 Å². The van der Waals surface area contributed by atoms with Gasteiger partial charge in [0.15, 0.2) is 5.13 Å². The Bertz CT molecular complexity index is 1210. The van der Waals surface area contributed by atoms with Gasteiger partial charge in [-0.1, -0.05) is 36.4 Å². The second-order valence-electron chi connectivity index (χ2n) is 6.58. The van der Waals surface area contributed by atoms with Crippen LogP contribution in [0.1, 0.15) is 4.88 Å². The fourth-order valence-corrected chi connectivity index (χ4v) is 4.30. The van der Waals surface area contributed by atoms with E-state index in [9.17, 15) is 9.90 Å². The van der Waals surface area contributed by atoms with Crippen molar-refractivity contribution in [2.45, 2.75) is 6.42 Å². The first-order valence-electron chi connectivity index (χ1n) is 9.27. The van der Waals surface area contributed by atoms with Crippen molar-refractivity contribution < 1.29 is 19.4 Å². The fraction of sp³-hybridized carbons (Fsp3) is 0.130. The van der Waals surface area contributed by atoms with Crippen molar-refractivity contribution in [3.05, 3.63) is 65.5 Å². The van der Waals surface area contributed by atoms with Gasteiger partial charge in [0.25, 0.3) is 0 Å². The van der Waals surface area contributed by atoms with Crippen LogP contribution in [0.4, 0.5) is 10.8 Å². The number of benzene rings is 3. The minimum Gasteiger partial charge on any atom is -0.497 e. The predicted octanol–water partition coefficient (Wildman–Crippen LogP) is 5.35. The molecule has 3 aromatic carbocycles. The molecule has 0 aliphatic carbocycles. The first-order valence-corrected chi connectivity index (χ1v) is 10.1. The monoisotopic (exact) mass is 420 g/mol. The highest BCUT2D eigenvalue weighted by atomic mass is 32.1. The van der Waals surface area contributed by atoms with Gasteiger partial charge in [0.2, 0.25) is 0 Å². The van der Waals surface area contributed by atoms with Gasteiger partial charge in [0.1, 0.15) is 11.5 Å². The average molecular weight is 420 g/mol. The number of carboxylic acid groups (broad SMARTS) is 1. The van der Waals surface area contributed by atoms with E-state index in [1.54, 1.807) is 32.4 Å². The molecule has 0 saturated heterocycles. The maximum absolute atomic E-state index is 11.5. The molecule has 30 heavy (non-hydrogen) atoms. The number of nitrogens with zero attached hydrogens (tertiary/aromatic N) is 1. The predicted molar refractivity (Wildman–Crippen MR) is 119 cm³/mol. The molecule has 1 heterocycles. The maximum Gasteiger partial charge on any atom is 0.308 e. The quantitative estimate of drug-likeness (QED) is 0.419. The van der Waals surface area contributed by atoms with Crippen molar-refractivity contribution in [1.29, 1.82) is 0 Å². The number of hydrogen-bond acceptors (Lipinski definition) is 6. The highest BCUT2D eigenvalue weighted by molar-refractivity contribution is 7.16. The number of aliphatic carboxylic acids is 1. The third-order valence-electron chi connectivity index (χ3n) is 4.70. The Morgan fingerprint density at radius 3 is 2.63 bits per heavy atom. The second kappa shape index (κ2) is 8.42. The Hall–Kier alpha value is -3.58. The fourth-order valence-electron chi connectivity index (χ4n) is 3.32. The largest absolute Gasteiger partial charge is 0.497 e. The number of fused-ring (bicyclic) bond motifs is 1. The molecule has 0 aliphatic heterocycles. The van der Waals surface area contributed by atoms with Crippen LogP contribution in [0.3, 0.4) is 0 Å². The van der Waals surface area contributed by atoms with Gasteiger partial charge in [0.05, 0.1) is 26.3 Å². The van der Waals surface area contributed by atoms with Gasteiger partial charge in [-0.3, -0.25) is 4.79 Å². The summed E-state index contributed by atoms with van der Waals surface area (Å²) in [7, 11) is 3.15. The summed E-state index contributed by atoms with van der Waals surface area (Å²) in [5, 5.41) is 15.6. The molecule has 0 bridgehead atoms. The van der Waals surface area contributed by atoms with Gasteiger partial charge in [-0.15, -0.1) is 11.3 Å². The highest BCUT2D eigenvalue weighted by Gasteiger charge is 2.20. The smallest absolute Gasteiger partial charge is 0.308 e. The summed E-state index contributed by atoms with van der Waals surface area (Å²) in [5.74, 6) is 0.326. The molecule has 0 aliphatic rings. The average Bonchev–Trinajstić information content (AvgIpc) is 3.14. The van der Waals surface area contributed by atoms with Crippen LogP contribution in [0.5, 0.6) is 11.5 Å². The Labute approximate surface area is 177 Å². The zero-order valence-corrected chi connectivity index (χ0v) is 17.3. The molecule has 6 nitrogen and oxygen atoms in total. The minimum absolute atomic E-state index is 0.134. The summed E-state index contributed by atoms with van der Waals surface area (Å²) in [6.07, 6.45) is -0.134. The van der Waals surface area contributed by atoms with Crippen molar-refractivity contribution in [3.8, 4) is 22.8 Å². The molecule has 0 radical (unpaired) electrons. The van der Waals surface area contributed by atoms with E-state index in [0.29, 0.717) is 32.8 Å². The number of methoxy groups -OCH3 is 2. The molecule has 2 N–H and O–H groups in total. The van der Waals surface area contributed by atoms with Gasteiger partial charge in [-0.25, -0.2) is 4.98 Å². The zero-order valence-electron chi connectivity index (χ0n) is 16.5. The first-order chi connectivity index (χ1) is 14.6. The lowest BCUT2D eigenvalue weighted by molar-refractivity contribution is -0.136. The molecule has 0 fully saturated rings. The van der Waals surface area contributed by atoms with Crippen LogP contribution in [0.25, 0.3) is 22.0 Å². The standard InChI is InChI=1S/C23H20N2O4S/c1-28-15-10-11-19(29-2)17(12-15)22-20(13-21(26)27)30-23(25-22)24-18-9-5-7-14-6-3-4-8-16(14)18/h3-12H,13H2,1-2H3,(H,24,25)(H,26,27). The summed E-state index contributed by atoms with van der Waals surface area (Å²) >= 11 is 1.32. The van der Waals surface area contributed by atoms with E-state index in [1.807, 2.05) is 42.5 Å². The van der Waals surface area contributed by atoms with Crippen LogP contribution >= 0.6 is 11.3 Å². The molecular formula is C23H20N2O4S. The number of anilines is 2. The summed E-state index contributed by atoms with van der Waals surface area (Å²) < 4.78 is 10.8. The third-order valence-corrected chi connectivity index (χ3v) is 5.67. The maximum atomic E-state index is 11.5. The molecule has 152 valence electrons. The van der Waals surface area contributed by atoms with Crippen LogP contribution < -0.4 is 14.8 Å². The van der Waals surface area contributed by atoms with Crippen LogP contribution in [0.2, 0.25) is 0 Å². The molecular weight excluding hydrogens is 400 g/mol. The normalized spacial score (nSPS) is 10.7. The summed E-state index contributed by atoms with van der Waals surface area (Å²) in [6.45, 7) is 0. The Morgan fingerprint density at radius 1 is 1.07 bits per heavy atom. The molecule has 1 aromatic heterocycles. The van der Waals surface area contributed by atoms with Crippen molar-refractivity contribution in [2.24, 2.45) is 0 Å². The lowest BCUT2D eigenvalue weighted by Crippen LogP contribution is -2.00. The van der Waals surface area contributed by atoms with Crippen molar-refractivity contribution >= 4 is 38.9 Å². The van der Waals surface area contributed by atoms with E-state index in [2.05, 4.69) is 5.32 Å². The van der Waals surface area contributed by atoms with Crippen molar-refractivity contribution in [3.63, 3.8) is 0 Å². The number of aromatic nitrogens is 1. The molecule has 4 aromatic rings. The van der Waals surface area contributed by atoms with Crippen LogP contribution in [-0.2, 0) is 11.2 Å². The SMILES string of the molecule is COc1ccc(OC)c(-c2nc(Nc3cccc4ccccc34)sc2CC(=O)O)c1. The van der Waals surface area contributed by atoms with Crippen molar-refractivity contribution in [2.75, 3.05) is 19.5 Å². The third kappa shape index (κ3) is 3.92. The number of hydrogen-bond donors (Lipinski definition) is 2. The van der Waals surface area contributed by atoms with E-state index < -0.39 is 5.97 Å². The van der Waals surface area contributed by atoms with Gasteiger partial charge < -0.3 is 19.9 Å². The second-order valence-corrected chi connectivity index (χ2v) is 7.66. The molecule has 0 saturated carbocycles. The lowest BCUT2D eigenvalue weighted by Gasteiger charge is -2.10.